The van der Waals surface area contributed by atoms with Gasteiger partial charge in [0.15, 0.2) is 0 Å². The molecule has 0 amide bonds. The molecule has 0 atom stereocenters. The zero-order valence-corrected chi connectivity index (χ0v) is 11.3. The third kappa shape index (κ3) is 3.89. The number of amidine groups is 1. The van der Waals surface area contributed by atoms with Crippen LogP contribution in [0.5, 0.6) is 0 Å². The van der Waals surface area contributed by atoms with Gasteiger partial charge in [0.2, 0.25) is 0 Å². The molecule has 0 aliphatic heterocycles. The van der Waals surface area contributed by atoms with Crippen LogP contribution in [0.25, 0.3) is 0 Å². The molecule has 1 rings (SSSR count). The molecule has 0 aliphatic carbocycles. The van der Waals surface area contributed by atoms with E-state index in [0.29, 0.717) is 6.54 Å². The van der Waals surface area contributed by atoms with Crippen LogP contribution in [-0.2, 0) is 0 Å². The number of nitrogen functional groups attached to an aromatic ring is 1. The minimum absolute atomic E-state index is 0.00179. The lowest BCUT2D eigenvalue weighted by Gasteiger charge is -2.30. The monoisotopic (exact) mass is 271 g/mol. The Kier molecular flexibility index (Phi) is 4.47. The largest absolute Gasteiger partial charge is 0.389 e. The first kappa shape index (κ1) is 15.4. The number of rotatable bonds is 5. The SMILES string of the molecule is CCN(CC(C)(C)O)c1c(F)cc(C(=N)N)cc1F. The Morgan fingerprint density at radius 1 is 1.37 bits per heavy atom. The Hall–Kier alpha value is -1.69. The highest BCUT2D eigenvalue weighted by Crippen LogP contribution is 2.26. The van der Waals surface area contributed by atoms with Crippen LogP contribution >= 0.6 is 0 Å². The van der Waals surface area contributed by atoms with Crippen molar-refractivity contribution in [2.24, 2.45) is 5.73 Å². The van der Waals surface area contributed by atoms with E-state index in [-0.39, 0.29) is 17.8 Å². The van der Waals surface area contributed by atoms with Crippen molar-refractivity contribution in [3.63, 3.8) is 0 Å². The van der Waals surface area contributed by atoms with Gasteiger partial charge in [0.05, 0.1) is 5.60 Å². The molecule has 1 aromatic carbocycles. The zero-order valence-electron chi connectivity index (χ0n) is 11.3. The number of likely N-dealkylation sites (N-methyl/N-ethyl adjacent to an activating group) is 1. The third-order valence-electron chi connectivity index (χ3n) is 2.60. The molecule has 0 saturated heterocycles. The maximum Gasteiger partial charge on any atom is 0.150 e. The molecule has 0 heterocycles. The fourth-order valence-electron chi connectivity index (χ4n) is 1.84. The van der Waals surface area contributed by atoms with Gasteiger partial charge in [0, 0.05) is 18.7 Å². The van der Waals surface area contributed by atoms with E-state index in [4.69, 9.17) is 11.1 Å². The van der Waals surface area contributed by atoms with Crippen LogP contribution in [0.15, 0.2) is 12.1 Å². The van der Waals surface area contributed by atoms with Gasteiger partial charge in [0.1, 0.15) is 23.2 Å². The molecule has 0 unspecified atom stereocenters. The second kappa shape index (κ2) is 5.52. The van der Waals surface area contributed by atoms with Crippen molar-refractivity contribution in [2.45, 2.75) is 26.4 Å². The van der Waals surface area contributed by atoms with E-state index >= 15 is 0 Å². The van der Waals surface area contributed by atoms with E-state index in [0.717, 1.165) is 12.1 Å². The number of benzene rings is 1. The Morgan fingerprint density at radius 3 is 2.16 bits per heavy atom. The summed E-state index contributed by atoms with van der Waals surface area (Å²) in [6.07, 6.45) is 0. The van der Waals surface area contributed by atoms with E-state index in [9.17, 15) is 13.9 Å². The van der Waals surface area contributed by atoms with Crippen LogP contribution in [-0.4, -0.2) is 29.6 Å². The number of anilines is 1. The number of nitrogens with one attached hydrogen (secondary N) is 1. The molecule has 106 valence electrons. The van der Waals surface area contributed by atoms with Crippen molar-refractivity contribution in [2.75, 3.05) is 18.0 Å². The van der Waals surface area contributed by atoms with Crippen molar-refractivity contribution in [1.29, 1.82) is 5.41 Å². The summed E-state index contributed by atoms with van der Waals surface area (Å²) in [6.45, 7) is 5.31. The average Bonchev–Trinajstić information content (AvgIpc) is 2.24. The van der Waals surface area contributed by atoms with E-state index < -0.39 is 23.1 Å². The molecule has 6 heteroatoms. The molecule has 0 fully saturated rings. The van der Waals surface area contributed by atoms with Gasteiger partial charge in [-0.05, 0) is 32.9 Å². The van der Waals surface area contributed by atoms with Crippen molar-refractivity contribution >= 4 is 11.5 Å². The lowest BCUT2D eigenvalue weighted by atomic mass is 10.1. The van der Waals surface area contributed by atoms with Crippen LogP contribution in [0, 0.1) is 17.0 Å². The molecule has 0 spiro atoms. The highest BCUT2D eigenvalue weighted by atomic mass is 19.1. The van der Waals surface area contributed by atoms with Gasteiger partial charge in [-0.1, -0.05) is 0 Å². The summed E-state index contributed by atoms with van der Waals surface area (Å²) < 4.78 is 27.9. The Balaban J connectivity index is 3.22. The molecule has 0 saturated carbocycles. The minimum Gasteiger partial charge on any atom is -0.389 e. The molecule has 0 bridgehead atoms. The van der Waals surface area contributed by atoms with Gasteiger partial charge < -0.3 is 15.7 Å². The van der Waals surface area contributed by atoms with E-state index in [1.54, 1.807) is 20.8 Å². The average molecular weight is 271 g/mol. The molecule has 4 N–H and O–H groups in total. The molecule has 0 radical (unpaired) electrons. The summed E-state index contributed by atoms with van der Waals surface area (Å²) in [4.78, 5) is 1.41. The first-order chi connectivity index (χ1) is 8.65. The standard InChI is InChI=1S/C13H19F2N3O/c1-4-18(7-13(2,3)19)11-9(14)5-8(12(16)17)6-10(11)15/h5-6,19H,4,7H2,1-3H3,(H3,16,17). The van der Waals surface area contributed by atoms with Crippen LogP contribution in [0.3, 0.4) is 0 Å². The second-order valence-electron chi connectivity index (χ2n) is 5.03. The number of nitrogens with two attached hydrogens (primary N) is 1. The summed E-state index contributed by atoms with van der Waals surface area (Å²) in [5, 5.41) is 17.0. The molecular weight excluding hydrogens is 252 g/mol. The molecule has 19 heavy (non-hydrogen) atoms. The van der Waals surface area contributed by atoms with Gasteiger partial charge in [-0.25, -0.2) is 8.78 Å². The molecule has 0 aromatic heterocycles. The number of aliphatic hydroxyl groups is 1. The highest BCUT2D eigenvalue weighted by Gasteiger charge is 2.23. The zero-order chi connectivity index (χ0) is 14.8. The van der Waals surface area contributed by atoms with Crippen molar-refractivity contribution < 1.29 is 13.9 Å². The first-order valence-corrected chi connectivity index (χ1v) is 5.96. The summed E-state index contributed by atoms with van der Waals surface area (Å²) in [5.74, 6) is -1.98. The first-order valence-electron chi connectivity index (χ1n) is 5.96. The third-order valence-corrected chi connectivity index (χ3v) is 2.60. The number of nitrogens with zero attached hydrogens (tertiary/aromatic N) is 1. The van der Waals surface area contributed by atoms with Gasteiger partial charge in [0.25, 0.3) is 0 Å². The number of halogens is 2. The Bertz CT molecular complexity index is 460. The quantitative estimate of drug-likeness (QED) is 0.565. The van der Waals surface area contributed by atoms with Gasteiger partial charge in [-0.15, -0.1) is 0 Å². The highest BCUT2D eigenvalue weighted by molar-refractivity contribution is 5.95. The van der Waals surface area contributed by atoms with Crippen molar-refractivity contribution in [3.8, 4) is 0 Å². The predicted molar refractivity (Wildman–Crippen MR) is 71.6 cm³/mol. The summed E-state index contributed by atoms with van der Waals surface area (Å²) in [5.41, 5.74) is 3.92. The lowest BCUT2D eigenvalue weighted by molar-refractivity contribution is 0.0873. The Labute approximate surface area is 111 Å². The minimum atomic E-state index is -1.08. The predicted octanol–water partition coefficient (Wildman–Crippen LogP) is 1.85. The maximum atomic E-state index is 14.0. The summed E-state index contributed by atoms with van der Waals surface area (Å²) in [6, 6.07) is 2.04. The Morgan fingerprint density at radius 2 is 1.84 bits per heavy atom. The summed E-state index contributed by atoms with van der Waals surface area (Å²) in [7, 11) is 0. The second-order valence-corrected chi connectivity index (χ2v) is 5.03. The number of hydrogen-bond donors (Lipinski definition) is 3. The van der Waals surface area contributed by atoms with Crippen molar-refractivity contribution in [3.05, 3.63) is 29.3 Å². The molecular formula is C13H19F2N3O. The normalized spacial score (nSPS) is 11.5. The van der Waals surface area contributed by atoms with Crippen LogP contribution in [0.2, 0.25) is 0 Å². The van der Waals surface area contributed by atoms with Crippen LogP contribution in [0.4, 0.5) is 14.5 Å². The van der Waals surface area contributed by atoms with Crippen LogP contribution < -0.4 is 10.6 Å². The fourth-order valence-corrected chi connectivity index (χ4v) is 1.84. The van der Waals surface area contributed by atoms with Crippen LogP contribution in [0.1, 0.15) is 26.3 Å². The van der Waals surface area contributed by atoms with E-state index in [1.165, 1.54) is 4.90 Å². The van der Waals surface area contributed by atoms with Gasteiger partial charge in [-0.3, -0.25) is 5.41 Å². The fraction of sp³-hybridized carbons (Fsp3) is 0.462. The number of hydrogen-bond acceptors (Lipinski definition) is 3. The van der Waals surface area contributed by atoms with E-state index in [1.807, 2.05) is 0 Å². The van der Waals surface area contributed by atoms with E-state index in [2.05, 4.69) is 0 Å². The molecule has 0 aliphatic rings. The summed E-state index contributed by atoms with van der Waals surface area (Å²) >= 11 is 0. The van der Waals surface area contributed by atoms with Gasteiger partial charge >= 0.3 is 0 Å². The smallest absolute Gasteiger partial charge is 0.150 e. The topological polar surface area (TPSA) is 73.3 Å². The van der Waals surface area contributed by atoms with Gasteiger partial charge in [-0.2, -0.15) is 0 Å². The molecule has 4 nitrogen and oxygen atoms in total. The maximum absolute atomic E-state index is 14.0. The molecule has 1 aromatic rings. The van der Waals surface area contributed by atoms with Crippen molar-refractivity contribution in [1.82, 2.24) is 0 Å². The lowest BCUT2D eigenvalue weighted by Crippen LogP contribution is -2.39.